The van der Waals surface area contributed by atoms with E-state index >= 15 is 0 Å². The molecule has 3 rings (SSSR count). The molecule has 0 saturated heterocycles. The van der Waals surface area contributed by atoms with Crippen LogP contribution in [0.15, 0.2) is 28.6 Å². The van der Waals surface area contributed by atoms with Crippen LogP contribution in [0.25, 0.3) is 0 Å². The van der Waals surface area contributed by atoms with E-state index < -0.39 is 0 Å². The van der Waals surface area contributed by atoms with Crippen LogP contribution >= 0.6 is 35.3 Å². The molecule has 0 amide bonds. The average molecular weight is 502 g/mol. The van der Waals surface area contributed by atoms with Gasteiger partial charge in [0.2, 0.25) is 0 Å². The van der Waals surface area contributed by atoms with Crippen LogP contribution in [-0.2, 0) is 19.5 Å². The highest BCUT2D eigenvalue weighted by Crippen LogP contribution is 2.31. The number of aromatic nitrogens is 1. The van der Waals surface area contributed by atoms with E-state index in [1.165, 1.54) is 0 Å². The van der Waals surface area contributed by atoms with Gasteiger partial charge in [0.05, 0.1) is 17.2 Å². The van der Waals surface area contributed by atoms with E-state index in [-0.39, 0.29) is 24.0 Å². The Balaban J connectivity index is 0.00000261. The van der Waals surface area contributed by atoms with Gasteiger partial charge in [-0.3, -0.25) is 0 Å². The lowest BCUT2D eigenvalue weighted by molar-refractivity contribution is 0.171. The van der Waals surface area contributed by atoms with Crippen LogP contribution in [0, 0.1) is 0 Å². The molecule has 1 N–H and O–H groups in total. The number of rotatable bonds is 6. The summed E-state index contributed by atoms with van der Waals surface area (Å²) in [7, 11) is 2.04. The SMILES string of the molecule is CCNC(=NCc1csc(CC)n1)N(C)Cc1ccc2c(c1)OCCO2.I. The van der Waals surface area contributed by atoms with Crippen molar-refractivity contribution >= 4 is 41.3 Å². The number of hydrogen-bond donors (Lipinski definition) is 1. The maximum atomic E-state index is 5.68. The van der Waals surface area contributed by atoms with Gasteiger partial charge in [0.15, 0.2) is 17.5 Å². The highest BCUT2D eigenvalue weighted by Gasteiger charge is 2.13. The first-order valence-corrected chi connectivity index (χ1v) is 9.88. The lowest BCUT2D eigenvalue weighted by atomic mass is 10.2. The minimum Gasteiger partial charge on any atom is -0.486 e. The monoisotopic (exact) mass is 502 g/mol. The van der Waals surface area contributed by atoms with Crippen molar-refractivity contribution in [1.82, 2.24) is 15.2 Å². The van der Waals surface area contributed by atoms with Crippen LogP contribution in [0.4, 0.5) is 0 Å². The highest BCUT2D eigenvalue weighted by atomic mass is 127. The predicted octanol–water partition coefficient (Wildman–Crippen LogP) is 3.69. The quantitative estimate of drug-likeness (QED) is 0.371. The molecule has 6 nitrogen and oxygen atoms in total. The number of aliphatic imine (C=N–C) groups is 1. The summed E-state index contributed by atoms with van der Waals surface area (Å²) in [6, 6.07) is 6.09. The summed E-state index contributed by atoms with van der Waals surface area (Å²) in [4.78, 5) is 11.4. The molecule has 0 fully saturated rings. The second-order valence-corrected chi connectivity index (χ2v) is 7.03. The van der Waals surface area contributed by atoms with Crippen LogP contribution in [-0.4, -0.2) is 42.6 Å². The number of aryl methyl sites for hydroxylation is 1. The van der Waals surface area contributed by atoms with Crippen molar-refractivity contribution in [3.05, 3.63) is 39.8 Å². The van der Waals surface area contributed by atoms with Crippen LogP contribution in [0.5, 0.6) is 11.5 Å². The van der Waals surface area contributed by atoms with Gasteiger partial charge in [0.25, 0.3) is 0 Å². The maximum Gasteiger partial charge on any atom is 0.194 e. The third kappa shape index (κ3) is 5.97. The van der Waals surface area contributed by atoms with E-state index in [0.29, 0.717) is 19.8 Å². The van der Waals surface area contributed by atoms with Gasteiger partial charge in [-0.05, 0) is 31.0 Å². The summed E-state index contributed by atoms with van der Waals surface area (Å²) < 4.78 is 11.3. The first-order chi connectivity index (χ1) is 12.7. The number of thiazole rings is 1. The standard InChI is InChI=1S/C19H26N4O2S.HI/c1-4-18-22-15(13-26-18)11-21-19(20-5-2)23(3)12-14-6-7-16-17(10-14)25-9-8-24-16;/h6-7,10,13H,4-5,8-9,11-12H2,1-3H3,(H,20,21);1H. The van der Waals surface area contributed by atoms with E-state index in [1.54, 1.807) is 11.3 Å². The molecular weight excluding hydrogens is 475 g/mol. The van der Waals surface area contributed by atoms with Crippen LogP contribution in [0.3, 0.4) is 0 Å². The normalized spacial score (nSPS) is 13.1. The Morgan fingerprint density at radius 3 is 2.74 bits per heavy atom. The Morgan fingerprint density at radius 2 is 2.04 bits per heavy atom. The molecule has 1 aliphatic heterocycles. The van der Waals surface area contributed by atoms with Crippen LogP contribution in [0.1, 0.15) is 30.1 Å². The summed E-state index contributed by atoms with van der Waals surface area (Å²) in [5.74, 6) is 2.51. The smallest absolute Gasteiger partial charge is 0.194 e. The van der Waals surface area contributed by atoms with Gasteiger partial charge < -0.3 is 19.7 Å². The molecule has 0 saturated carbocycles. The van der Waals surface area contributed by atoms with Crippen molar-refractivity contribution in [3.63, 3.8) is 0 Å². The van der Waals surface area contributed by atoms with Gasteiger partial charge in [0.1, 0.15) is 13.2 Å². The van der Waals surface area contributed by atoms with Gasteiger partial charge in [-0.15, -0.1) is 35.3 Å². The molecule has 2 aromatic rings. The number of nitrogens with one attached hydrogen (secondary N) is 1. The van der Waals surface area contributed by atoms with Crippen molar-refractivity contribution in [1.29, 1.82) is 0 Å². The molecule has 1 aromatic heterocycles. The van der Waals surface area contributed by atoms with Crippen molar-refractivity contribution in [2.45, 2.75) is 33.4 Å². The molecule has 27 heavy (non-hydrogen) atoms. The zero-order chi connectivity index (χ0) is 18.4. The van der Waals surface area contributed by atoms with E-state index in [0.717, 1.165) is 53.2 Å². The number of nitrogens with zero attached hydrogens (tertiary/aromatic N) is 3. The van der Waals surface area contributed by atoms with Gasteiger partial charge in [-0.2, -0.15) is 0 Å². The number of hydrogen-bond acceptors (Lipinski definition) is 5. The summed E-state index contributed by atoms with van der Waals surface area (Å²) in [6.07, 6.45) is 0.971. The molecule has 0 atom stereocenters. The third-order valence-corrected chi connectivity index (χ3v) is 5.06. The number of benzene rings is 1. The van der Waals surface area contributed by atoms with Crippen molar-refractivity contribution < 1.29 is 9.47 Å². The highest BCUT2D eigenvalue weighted by molar-refractivity contribution is 14.0. The fourth-order valence-corrected chi connectivity index (χ4v) is 3.48. The fourth-order valence-electron chi connectivity index (χ4n) is 2.74. The molecular formula is C19H27IN4O2S. The van der Waals surface area contributed by atoms with Gasteiger partial charge in [0, 0.05) is 25.5 Å². The van der Waals surface area contributed by atoms with Gasteiger partial charge >= 0.3 is 0 Å². The molecule has 148 valence electrons. The largest absolute Gasteiger partial charge is 0.486 e. The zero-order valence-electron chi connectivity index (χ0n) is 16.0. The minimum atomic E-state index is 0. The summed E-state index contributed by atoms with van der Waals surface area (Å²) in [6.45, 7) is 7.55. The van der Waals surface area contributed by atoms with E-state index in [2.05, 4.69) is 40.5 Å². The van der Waals surface area contributed by atoms with Gasteiger partial charge in [-0.25, -0.2) is 9.98 Å². The zero-order valence-corrected chi connectivity index (χ0v) is 19.2. The molecule has 0 aliphatic carbocycles. The lowest BCUT2D eigenvalue weighted by Gasteiger charge is -2.23. The number of guanidine groups is 1. The summed E-state index contributed by atoms with van der Waals surface area (Å²) in [5.41, 5.74) is 2.18. The Kier molecular flexibility index (Phi) is 8.62. The molecule has 1 aliphatic rings. The summed E-state index contributed by atoms with van der Waals surface area (Å²) in [5, 5.41) is 6.60. The molecule has 2 heterocycles. The van der Waals surface area contributed by atoms with E-state index in [4.69, 9.17) is 14.5 Å². The maximum absolute atomic E-state index is 5.68. The van der Waals surface area contributed by atoms with Crippen molar-refractivity contribution in [2.75, 3.05) is 26.8 Å². The molecule has 1 aromatic carbocycles. The molecule has 0 bridgehead atoms. The van der Waals surface area contributed by atoms with Crippen molar-refractivity contribution in [3.8, 4) is 11.5 Å². The molecule has 0 radical (unpaired) electrons. The Labute approximate surface area is 182 Å². The number of ether oxygens (including phenoxy) is 2. The second kappa shape index (κ2) is 10.7. The van der Waals surface area contributed by atoms with E-state index in [1.807, 2.05) is 19.2 Å². The van der Waals surface area contributed by atoms with E-state index in [9.17, 15) is 0 Å². The Bertz CT molecular complexity index is 766. The number of fused-ring (bicyclic) bond motifs is 1. The fraction of sp³-hybridized carbons (Fsp3) is 0.474. The van der Waals surface area contributed by atoms with Crippen LogP contribution < -0.4 is 14.8 Å². The third-order valence-electron chi connectivity index (χ3n) is 4.02. The van der Waals surface area contributed by atoms with Gasteiger partial charge in [-0.1, -0.05) is 13.0 Å². The average Bonchev–Trinajstić information content (AvgIpc) is 3.13. The second-order valence-electron chi connectivity index (χ2n) is 6.09. The Hall–Kier alpha value is -1.55. The topological polar surface area (TPSA) is 59.0 Å². The lowest BCUT2D eigenvalue weighted by Crippen LogP contribution is -2.38. The first kappa shape index (κ1) is 21.7. The predicted molar refractivity (Wildman–Crippen MR) is 121 cm³/mol. The van der Waals surface area contributed by atoms with Crippen molar-refractivity contribution in [2.24, 2.45) is 4.99 Å². The Morgan fingerprint density at radius 1 is 1.26 bits per heavy atom. The minimum absolute atomic E-state index is 0. The summed E-state index contributed by atoms with van der Waals surface area (Å²) >= 11 is 1.70. The first-order valence-electron chi connectivity index (χ1n) is 9.00. The molecule has 0 spiro atoms. The molecule has 0 unspecified atom stereocenters. The van der Waals surface area contributed by atoms with Crippen LogP contribution in [0.2, 0.25) is 0 Å². The number of halogens is 1. The molecule has 8 heteroatoms.